The topological polar surface area (TPSA) is 38.8 Å². The van der Waals surface area contributed by atoms with Gasteiger partial charge in [-0.3, -0.25) is 4.79 Å². The first-order valence-electron chi connectivity index (χ1n) is 7.99. The fourth-order valence-electron chi connectivity index (χ4n) is 3.27. The second-order valence-corrected chi connectivity index (χ2v) is 6.87. The summed E-state index contributed by atoms with van der Waals surface area (Å²) in [5.41, 5.74) is 1.70. The van der Waals surface area contributed by atoms with Crippen molar-refractivity contribution in [3.63, 3.8) is 0 Å². The van der Waals surface area contributed by atoms with Crippen molar-refractivity contribution in [2.24, 2.45) is 0 Å². The van der Waals surface area contributed by atoms with Crippen LogP contribution >= 0.6 is 11.6 Å². The summed E-state index contributed by atoms with van der Waals surface area (Å²) in [7, 11) is 1.85. The van der Waals surface area contributed by atoms with E-state index >= 15 is 0 Å². The molecule has 0 bridgehead atoms. The zero-order valence-electron chi connectivity index (χ0n) is 13.4. The third-order valence-electron chi connectivity index (χ3n) is 4.76. The average Bonchev–Trinajstić information content (AvgIpc) is 3.26. The Labute approximate surface area is 145 Å². The molecule has 0 unspecified atom stereocenters. The van der Waals surface area contributed by atoms with Crippen molar-refractivity contribution in [3.8, 4) is 11.5 Å². The molecule has 0 saturated heterocycles. The quantitative estimate of drug-likeness (QED) is 0.848. The van der Waals surface area contributed by atoms with Crippen molar-refractivity contribution in [1.82, 2.24) is 4.90 Å². The molecule has 2 aromatic rings. The second-order valence-electron chi connectivity index (χ2n) is 6.44. The molecular formula is C19H18ClNO3. The molecule has 4 rings (SSSR count). The predicted molar refractivity (Wildman–Crippen MR) is 91.4 cm³/mol. The van der Waals surface area contributed by atoms with E-state index in [1.54, 1.807) is 4.90 Å². The molecule has 1 aliphatic carbocycles. The second kappa shape index (κ2) is 5.71. The molecule has 0 N–H and O–H groups in total. The summed E-state index contributed by atoms with van der Waals surface area (Å²) < 4.78 is 10.7. The third-order valence-corrected chi connectivity index (χ3v) is 5.01. The van der Waals surface area contributed by atoms with Gasteiger partial charge in [0, 0.05) is 18.6 Å². The highest BCUT2D eigenvalue weighted by Gasteiger charge is 2.52. The number of likely N-dealkylation sites (N-methyl/N-ethyl adjacent to an activating group) is 1. The Morgan fingerprint density at radius 3 is 2.54 bits per heavy atom. The Morgan fingerprint density at radius 2 is 1.83 bits per heavy atom. The molecule has 1 heterocycles. The van der Waals surface area contributed by atoms with E-state index in [1.807, 2.05) is 49.5 Å². The standard InChI is InChI=1S/C19H18ClNO3/c1-21(11-13-2-7-16-17(10-13)24-12-23-16)18(22)19(8-9-19)14-3-5-15(20)6-4-14/h2-7,10H,8-9,11-12H2,1H3. The van der Waals surface area contributed by atoms with Gasteiger partial charge in [0.15, 0.2) is 11.5 Å². The van der Waals surface area contributed by atoms with Crippen molar-refractivity contribution in [3.05, 3.63) is 58.6 Å². The van der Waals surface area contributed by atoms with Crippen LogP contribution in [-0.2, 0) is 16.8 Å². The lowest BCUT2D eigenvalue weighted by atomic mass is 9.94. The fraction of sp³-hybridized carbons (Fsp3) is 0.316. The first-order chi connectivity index (χ1) is 11.6. The van der Waals surface area contributed by atoms with Crippen LogP contribution in [0, 0.1) is 0 Å². The molecular weight excluding hydrogens is 326 g/mol. The first-order valence-corrected chi connectivity index (χ1v) is 8.36. The van der Waals surface area contributed by atoms with Gasteiger partial charge in [-0.2, -0.15) is 0 Å². The van der Waals surface area contributed by atoms with Gasteiger partial charge < -0.3 is 14.4 Å². The maximum atomic E-state index is 13.0. The Bertz CT molecular complexity index is 784. The van der Waals surface area contributed by atoms with Gasteiger partial charge in [-0.05, 0) is 48.2 Å². The number of amides is 1. The molecule has 0 aromatic heterocycles. The summed E-state index contributed by atoms with van der Waals surface area (Å²) in [5.74, 6) is 1.65. The molecule has 1 saturated carbocycles. The SMILES string of the molecule is CN(Cc1ccc2c(c1)OCO2)C(=O)C1(c2ccc(Cl)cc2)CC1. The van der Waals surface area contributed by atoms with E-state index in [9.17, 15) is 4.79 Å². The largest absolute Gasteiger partial charge is 0.454 e. The molecule has 1 fully saturated rings. The van der Waals surface area contributed by atoms with E-state index in [1.165, 1.54) is 0 Å². The van der Waals surface area contributed by atoms with Crippen LogP contribution in [0.25, 0.3) is 0 Å². The minimum atomic E-state index is -0.379. The molecule has 0 spiro atoms. The highest BCUT2D eigenvalue weighted by atomic mass is 35.5. The van der Waals surface area contributed by atoms with E-state index in [0.29, 0.717) is 11.6 Å². The van der Waals surface area contributed by atoms with Crippen molar-refractivity contribution in [2.45, 2.75) is 24.8 Å². The van der Waals surface area contributed by atoms with Crippen molar-refractivity contribution in [2.75, 3.05) is 13.8 Å². The minimum absolute atomic E-state index is 0.155. The number of nitrogens with zero attached hydrogens (tertiary/aromatic N) is 1. The van der Waals surface area contributed by atoms with Crippen molar-refractivity contribution >= 4 is 17.5 Å². The molecule has 0 radical (unpaired) electrons. The maximum absolute atomic E-state index is 13.0. The number of ether oxygens (including phenoxy) is 2. The summed E-state index contributed by atoms with van der Waals surface area (Å²) in [6.45, 7) is 0.804. The summed E-state index contributed by atoms with van der Waals surface area (Å²) in [5, 5.41) is 0.690. The lowest BCUT2D eigenvalue weighted by molar-refractivity contribution is -0.133. The van der Waals surface area contributed by atoms with Crippen molar-refractivity contribution in [1.29, 1.82) is 0 Å². The van der Waals surface area contributed by atoms with E-state index in [-0.39, 0.29) is 18.1 Å². The van der Waals surface area contributed by atoms with Gasteiger partial charge in [-0.1, -0.05) is 29.8 Å². The molecule has 5 heteroatoms. The molecule has 4 nitrogen and oxygen atoms in total. The number of halogens is 1. The zero-order valence-corrected chi connectivity index (χ0v) is 14.2. The molecule has 2 aliphatic rings. The molecule has 1 amide bonds. The van der Waals surface area contributed by atoms with Crippen LogP contribution in [0.5, 0.6) is 11.5 Å². The number of carbonyl (C=O) groups excluding carboxylic acids is 1. The van der Waals surface area contributed by atoms with Gasteiger partial charge >= 0.3 is 0 Å². The third kappa shape index (κ3) is 2.61. The first kappa shape index (κ1) is 15.3. The normalized spacial score (nSPS) is 16.8. The molecule has 1 aliphatic heterocycles. The van der Waals surface area contributed by atoms with E-state index in [4.69, 9.17) is 21.1 Å². The number of rotatable bonds is 4. The monoisotopic (exact) mass is 343 g/mol. The number of hydrogen-bond donors (Lipinski definition) is 0. The average molecular weight is 344 g/mol. The van der Waals surface area contributed by atoms with Crippen LogP contribution in [0.1, 0.15) is 24.0 Å². The lowest BCUT2D eigenvalue weighted by Gasteiger charge is -2.24. The van der Waals surface area contributed by atoms with Gasteiger partial charge in [-0.25, -0.2) is 0 Å². The van der Waals surface area contributed by atoms with Crippen LogP contribution in [0.15, 0.2) is 42.5 Å². The summed E-state index contributed by atoms with van der Waals surface area (Å²) >= 11 is 5.96. The van der Waals surface area contributed by atoms with Crippen molar-refractivity contribution < 1.29 is 14.3 Å². The Kier molecular flexibility index (Phi) is 3.65. The van der Waals surface area contributed by atoms with Gasteiger partial charge in [0.25, 0.3) is 0 Å². The molecule has 2 aromatic carbocycles. The van der Waals surface area contributed by atoms with E-state index in [2.05, 4.69) is 0 Å². The Morgan fingerprint density at radius 1 is 1.12 bits per heavy atom. The van der Waals surface area contributed by atoms with Gasteiger partial charge in [-0.15, -0.1) is 0 Å². The van der Waals surface area contributed by atoms with Gasteiger partial charge in [0.1, 0.15) is 0 Å². The summed E-state index contributed by atoms with van der Waals surface area (Å²) in [6.07, 6.45) is 1.78. The smallest absolute Gasteiger partial charge is 0.233 e. The Balaban J connectivity index is 1.51. The van der Waals surface area contributed by atoms with Gasteiger partial charge in [0.05, 0.1) is 5.41 Å². The number of hydrogen-bond acceptors (Lipinski definition) is 3. The van der Waals surface area contributed by atoms with E-state index in [0.717, 1.165) is 35.5 Å². The summed E-state index contributed by atoms with van der Waals surface area (Å²) in [6, 6.07) is 13.4. The molecule has 124 valence electrons. The van der Waals surface area contributed by atoms with Gasteiger partial charge in [0.2, 0.25) is 12.7 Å². The predicted octanol–water partition coefficient (Wildman–Crippen LogP) is 3.76. The van der Waals surface area contributed by atoms with Crippen LogP contribution in [0.4, 0.5) is 0 Å². The fourth-order valence-corrected chi connectivity index (χ4v) is 3.40. The maximum Gasteiger partial charge on any atom is 0.233 e. The Hall–Kier alpha value is -2.20. The number of fused-ring (bicyclic) bond motifs is 1. The molecule has 0 atom stereocenters. The molecule has 24 heavy (non-hydrogen) atoms. The lowest BCUT2D eigenvalue weighted by Crippen LogP contribution is -2.36. The number of benzene rings is 2. The van der Waals surface area contributed by atoms with Crippen LogP contribution in [0.2, 0.25) is 5.02 Å². The van der Waals surface area contributed by atoms with E-state index < -0.39 is 0 Å². The zero-order chi connectivity index (χ0) is 16.7. The summed E-state index contributed by atoms with van der Waals surface area (Å²) in [4.78, 5) is 14.8. The highest BCUT2D eigenvalue weighted by Crippen LogP contribution is 2.49. The van der Waals surface area contributed by atoms with Crippen LogP contribution in [-0.4, -0.2) is 24.6 Å². The van der Waals surface area contributed by atoms with Crippen LogP contribution in [0.3, 0.4) is 0 Å². The van der Waals surface area contributed by atoms with Crippen LogP contribution < -0.4 is 9.47 Å². The minimum Gasteiger partial charge on any atom is -0.454 e. The highest BCUT2D eigenvalue weighted by molar-refractivity contribution is 6.30. The number of carbonyl (C=O) groups is 1.